The van der Waals surface area contributed by atoms with Crippen molar-refractivity contribution in [2.24, 2.45) is 5.73 Å². The molecule has 0 heterocycles. The summed E-state index contributed by atoms with van der Waals surface area (Å²) in [5.41, 5.74) is 5.00. The van der Waals surface area contributed by atoms with Gasteiger partial charge in [-0.1, -0.05) is 155 Å². The molecule has 358 valence electrons. The van der Waals surface area contributed by atoms with Crippen LogP contribution in [0.3, 0.4) is 0 Å². The van der Waals surface area contributed by atoms with Crippen molar-refractivity contribution in [1.82, 2.24) is 5.32 Å². The number of carboxylic acids is 4. The molecule has 0 aliphatic rings. The van der Waals surface area contributed by atoms with Gasteiger partial charge in [0.2, 0.25) is 5.91 Å². The number of nitrogens with two attached hydrogens (primary N) is 1. The van der Waals surface area contributed by atoms with E-state index in [2.05, 4.69) is 19.2 Å². The Balaban J connectivity index is -0.0000000795. The van der Waals surface area contributed by atoms with Crippen molar-refractivity contribution in [3.63, 3.8) is 0 Å². The van der Waals surface area contributed by atoms with Crippen LogP contribution in [0.15, 0.2) is 0 Å². The van der Waals surface area contributed by atoms with E-state index in [0.717, 1.165) is 32.1 Å². The maximum Gasteiger partial charge on any atom is 2.00 e. The number of hydrogen-bond donors (Lipinski definition) is 8. The number of esters is 1. The van der Waals surface area contributed by atoms with Gasteiger partial charge in [0.25, 0.3) is 0 Å². The van der Waals surface area contributed by atoms with Crippen molar-refractivity contribution in [2.75, 3.05) is 13.2 Å². The molecule has 62 heavy (non-hydrogen) atoms. The summed E-state index contributed by atoms with van der Waals surface area (Å²) in [6, 6.07) is -2.17. The number of carbonyl (C=O) groups is 6. The fraction of sp³-hybridized carbons (Fsp3) is 0.860. The number of carbonyl (C=O) groups excluding carboxylic acids is 2. The largest absolute Gasteiger partial charge is 2.00 e. The van der Waals surface area contributed by atoms with E-state index in [4.69, 9.17) is 41.1 Å². The fourth-order valence-electron chi connectivity index (χ4n) is 5.75. The van der Waals surface area contributed by atoms with Crippen LogP contribution in [0.4, 0.5) is 0 Å². The van der Waals surface area contributed by atoms with Gasteiger partial charge in [-0.05, 0) is 25.7 Å². The number of aliphatic carboxylic acids is 4. The molecular formula is C43H87ClMgN2Na2O13. The Hall–Kier alpha value is -0.244. The van der Waals surface area contributed by atoms with Gasteiger partial charge in [0.05, 0.1) is 6.61 Å². The molecule has 0 saturated heterocycles. The van der Waals surface area contributed by atoms with Crippen molar-refractivity contribution in [1.29, 1.82) is 0 Å². The Morgan fingerprint density at radius 2 is 0.887 bits per heavy atom. The van der Waals surface area contributed by atoms with Crippen LogP contribution in [0, 0.1) is 0 Å². The molecule has 0 aromatic carbocycles. The average molecular weight is 946 g/mol. The van der Waals surface area contributed by atoms with E-state index >= 15 is 0 Å². The number of aliphatic hydroxyl groups excluding tert-OH is 2. The van der Waals surface area contributed by atoms with Gasteiger partial charge in [-0.15, -0.1) is 12.4 Å². The van der Waals surface area contributed by atoms with Crippen LogP contribution in [0.2, 0.25) is 0 Å². The monoisotopic (exact) mass is 945 g/mol. The third-order valence-corrected chi connectivity index (χ3v) is 9.41. The van der Waals surface area contributed by atoms with E-state index in [9.17, 15) is 28.8 Å². The first kappa shape index (κ1) is 76.0. The molecule has 0 fully saturated rings. The summed E-state index contributed by atoms with van der Waals surface area (Å²) in [4.78, 5) is 64.5. The number of unbranched alkanes of at least 4 members (excludes halogenated alkanes) is 22. The van der Waals surface area contributed by atoms with E-state index in [1.165, 1.54) is 122 Å². The van der Waals surface area contributed by atoms with Gasteiger partial charge in [0.1, 0.15) is 24.8 Å². The molecule has 0 aliphatic heterocycles. The minimum Gasteiger partial charge on any atom is -1.00 e. The zero-order valence-electron chi connectivity index (χ0n) is 43.1. The normalized spacial score (nSPS) is 11.4. The van der Waals surface area contributed by atoms with E-state index in [1.807, 2.05) is 0 Å². The third-order valence-electron chi connectivity index (χ3n) is 9.41. The molecule has 0 spiro atoms. The zero-order valence-corrected chi connectivity index (χ0v) is 45.3. The van der Waals surface area contributed by atoms with Gasteiger partial charge in [-0.3, -0.25) is 24.0 Å². The van der Waals surface area contributed by atoms with Gasteiger partial charge in [0, 0.05) is 25.7 Å². The Morgan fingerprint density at radius 1 is 0.548 bits per heavy atom. The summed E-state index contributed by atoms with van der Waals surface area (Å²) in [7, 11) is 0. The molecule has 0 saturated carbocycles. The number of aliphatic hydroxyl groups is 2. The Bertz CT molecular complexity index is 1080. The molecule has 0 aromatic heterocycles. The fourth-order valence-corrected chi connectivity index (χ4v) is 5.75. The molecule has 0 bridgehead atoms. The summed E-state index contributed by atoms with van der Waals surface area (Å²) in [6.07, 6.45) is 28.9. The second-order valence-corrected chi connectivity index (χ2v) is 15.1. The van der Waals surface area contributed by atoms with Crippen LogP contribution in [0.25, 0.3) is 0 Å². The van der Waals surface area contributed by atoms with Crippen molar-refractivity contribution >= 4 is 71.2 Å². The third kappa shape index (κ3) is 64.0. The van der Waals surface area contributed by atoms with Crippen LogP contribution in [-0.2, 0) is 33.5 Å². The molecule has 3 atom stereocenters. The first-order valence-electron chi connectivity index (χ1n) is 22.1. The molecule has 15 nitrogen and oxygen atoms in total. The number of amides is 1. The van der Waals surface area contributed by atoms with Gasteiger partial charge < -0.3 is 52.1 Å². The number of hydrogen-bond acceptors (Lipinski definition) is 10. The van der Waals surface area contributed by atoms with Gasteiger partial charge in [-0.25, -0.2) is 4.79 Å². The average Bonchev–Trinajstić information content (AvgIpc) is 3.18. The quantitative estimate of drug-likeness (QED) is 0.0251. The van der Waals surface area contributed by atoms with Crippen molar-refractivity contribution < 1.29 is 129 Å². The summed E-state index contributed by atoms with van der Waals surface area (Å²) in [5, 5.41) is 53.9. The predicted molar refractivity (Wildman–Crippen MR) is 242 cm³/mol. The van der Waals surface area contributed by atoms with Crippen LogP contribution in [0.1, 0.15) is 212 Å². The molecule has 0 aliphatic carbocycles. The van der Waals surface area contributed by atoms with Crippen LogP contribution >= 0.6 is 12.4 Å². The standard InChI is InChI=1S/C23H43NO5.C15H30O4.C5H9NO4.ClH.Mg.2Na.4H/c1-2-3-4-5-6-7-8-9-10-11-12-13-14-15-16-17-21(25)24-20(23(28)29)18-19-22(26)27;1-2-3-4-5-6-7-8-9-10-11-15(18)19-13-14(17)12-16;6-3(5(9)10)1-2-4(7)8;;;;;;;;/h20H,2-19H2,1H3,(H,24,25)(H,26,27)(H,28,29);14,16-17H,2-13H2,1H3;3H,1-2,6H2,(H,7,8)(H,9,10);1H;;;;;;;/q;;;;+2;2*+1;4*-1. The molecule has 9 N–H and O–H groups in total. The summed E-state index contributed by atoms with van der Waals surface area (Å²) >= 11 is 0. The number of halogens is 1. The van der Waals surface area contributed by atoms with Crippen LogP contribution in [0.5, 0.6) is 0 Å². The summed E-state index contributed by atoms with van der Waals surface area (Å²) in [5.74, 6) is -5.03. The summed E-state index contributed by atoms with van der Waals surface area (Å²) < 4.78 is 4.82. The molecular weight excluding hydrogens is 858 g/mol. The second kappa shape index (κ2) is 58.8. The van der Waals surface area contributed by atoms with E-state index < -0.39 is 42.1 Å². The number of carboxylic acid groups (broad SMARTS) is 4. The van der Waals surface area contributed by atoms with Gasteiger partial charge in [0.15, 0.2) is 0 Å². The Labute approximate surface area is 445 Å². The molecule has 0 rings (SSSR count). The topological polar surface area (TPSA) is 271 Å². The number of ether oxygens (including phenoxy) is 1. The van der Waals surface area contributed by atoms with Crippen LogP contribution < -0.4 is 70.2 Å². The molecule has 1 amide bonds. The maximum atomic E-state index is 11.8. The Kier molecular flexibility index (Phi) is 72.1. The second-order valence-electron chi connectivity index (χ2n) is 15.1. The zero-order chi connectivity index (χ0) is 44.2. The SMILES string of the molecule is CCCCCCCCCCCC(=O)OCC(O)CO.CCCCCCCCCCCCCCCCCC(=O)NC(CCC(=O)O)C(=O)O.Cl.NC(CCC(=O)O)C(=O)O.[H-].[H-].[H-].[H-].[Mg+2].[Na+].[Na+]. The molecule has 0 aromatic rings. The summed E-state index contributed by atoms with van der Waals surface area (Å²) in [6.45, 7) is 4.00. The van der Waals surface area contributed by atoms with Crippen molar-refractivity contribution in [3.05, 3.63) is 0 Å². The van der Waals surface area contributed by atoms with E-state index in [0.29, 0.717) is 12.8 Å². The minimum atomic E-state index is -1.18. The maximum absolute atomic E-state index is 11.8. The molecule has 19 heteroatoms. The van der Waals surface area contributed by atoms with Gasteiger partial charge >= 0.3 is 112 Å². The number of rotatable bonds is 38. The van der Waals surface area contributed by atoms with Gasteiger partial charge in [-0.2, -0.15) is 0 Å². The number of nitrogens with one attached hydrogen (secondary N) is 1. The first-order valence-corrected chi connectivity index (χ1v) is 22.1. The van der Waals surface area contributed by atoms with Crippen molar-refractivity contribution in [3.8, 4) is 0 Å². The van der Waals surface area contributed by atoms with E-state index in [-0.39, 0.29) is 151 Å². The molecule has 3 unspecified atom stereocenters. The first-order chi connectivity index (χ1) is 27.7. The van der Waals surface area contributed by atoms with Crippen molar-refractivity contribution in [2.45, 2.75) is 225 Å². The smallest absolute Gasteiger partial charge is 1.00 e. The Morgan fingerprint density at radius 3 is 1.21 bits per heavy atom. The van der Waals surface area contributed by atoms with E-state index in [1.54, 1.807) is 0 Å². The van der Waals surface area contributed by atoms with Crippen LogP contribution in [-0.4, -0.2) is 121 Å². The molecule has 0 radical (unpaired) electrons. The predicted octanol–water partition coefficient (Wildman–Crippen LogP) is 2.25. The minimum absolute atomic E-state index is 0.